The van der Waals surface area contributed by atoms with Crippen molar-refractivity contribution in [3.8, 4) is 0 Å². The summed E-state index contributed by atoms with van der Waals surface area (Å²) >= 11 is 0. The molecule has 100 valence electrons. The molecule has 0 aromatic rings. The first-order valence-electron chi connectivity index (χ1n) is 6.49. The summed E-state index contributed by atoms with van der Waals surface area (Å²) in [6.45, 7) is 4.44. The summed E-state index contributed by atoms with van der Waals surface area (Å²) in [5.41, 5.74) is 0. The number of nitrogens with zero attached hydrogens (tertiary/aromatic N) is 2. The number of carbonyl (C=O) groups is 1. The number of aliphatic hydroxyl groups is 2. The second kappa shape index (κ2) is 8.44. The van der Waals surface area contributed by atoms with Crippen molar-refractivity contribution in [1.82, 2.24) is 9.80 Å². The Balaban J connectivity index is 2.27. The van der Waals surface area contributed by atoms with E-state index in [9.17, 15) is 4.79 Å². The molecule has 0 unspecified atom stereocenters. The minimum atomic E-state index is 0.164. The van der Waals surface area contributed by atoms with Crippen LogP contribution in [0, 0.1) is 0 Å². The third-order valence-corrected chi connectivity index (χ3v) is 3.16. The molecule has 5 heteroatoms. The predicted molar refractivity (Wildman–Crippen MR) is 65.7 cm³/mol. The van der Waals surface area contributed by atoms with Gasteiger partial charge in [0, 0.05) is 39.2 Å². The number of hydrogen-bond donors (Lipinski definition) is 2. The van der Waals surface area contributed by atoms with Crippen LogP contribution < -0.4 is 0 Å². The monoisotopic (exact) mass is 244 g/mol. The van der Waals surface area contributed by atoms with E-state index in [-0.39, 0.29) is 19.1 Å². The van der Waals surface area contributed by atoms with Crippen LogP contribution >= 0.6 is 0 Å². The number of amides is 1. The van der Waals surface area contributed by atoms with Crippen molar-refractivity contribution in [3.63, 3.8) is 0 Å². The van der Waals surface area contributed by atoms with E-state index < -0.39 is 0 Å². The smallest absolute Gasteiger partial charge is 0.222 e. The highest BCUT2D eigenvalue weighted by Crippen LogP contribution is 2.06. The van der Waals surface area contributed by atoms with E-state index in [2.05, 4.69) is 4.90 Å². The second-order valence-corrected chi connectivity index (χ2v) is 4.48. The topological polar surface area (TPSA) is 64.0 Å². The van der Waals surface area contributed by atoms with E-state index in [1.165, 1.54) is 0 Å². The fourth-order valence-electron chi connectivity index (χ4n) is 2.13. The van der Waals surface area contributed by atoms with Gasteiger partial charge in [0.25, 0.3) is 0 Å². The summed E-state index contributed by atoms with van der Waals surface area (Å²) < 4.78 is 0. The maximum atomic E-state index is 11.9. The van der Waals surface area contributed by atoms with Gasteiger partial charge in [-0.1, -0.05) is 0 Å². The maximum Gasteiger partial charge on any atom is 0.222 e. The molecule has 17 heavy (non-hydrogen) atoms. The van der Waals surface area contributed by atoms with Gasteiger partial charge in [0.15, 0.2) is 0 Å². The highest BCUT2D eigenvalue weighted by Gasteiger charge is 2.18. The third-order valence-electron chi connectivity index (χ3n) is 3.16. The van der Waals surface area contributed by atoms with Crippen LogP contribution in [-0.2, 0) is 4.79 Å². The van der Waals surface area contributed by atoms with Crippen LogP contribution in [0.25, 0.3) is 0 Å². The van der Waals surface area contributed by atoms with Crippen LogP contribution in [0.5, 0.6) is 0 Å². The molecule has 1 fully saturated rings. The standard InChI is InChI=1S/C12H24N2O3/c15-10-2-1-4-12(17)14-6-3-5-13(7-8-14)9-11-16/h15-16H,1-11H2. The fraction of sp³-hybridized carbons (Fsp3) is 0.917. The van der Waals surface area contributed by atoms with E-state index in [1.807, 2.05) is 4.90 Å². The Labute approximate surface area is 103 Å². The van der Waals surface area contributed by atoms with Crippen molar-refractivity contribution in [2.75, 3.05) is 45.9 Å². The number of carbonyl (C=O) groups excluding carboxylic acids is 1. The van der Waals surface area contributed by atoms with Crippen LogP contribution in [-0.4, -0.2) is 71.9 Å². The summed E-state index contributed by atoms with van der Waals surface area (Å²) in [4.78, 5) is 16.0. The van der Waals surface area contributed by atoms with Crippen LogP contribution in [0.15, 0.2) is 0 Å². The number of β-amino-alcohol motifs (C(OH)–C–C–N with tert-alkyl or cyclic N) is 1. The number of rotatable bonds is 6. The van der Waals surface area contributed by atoms with Crippen LogP contribution in [0.4, 0.5) is 0 Å². The van der Waals surface area contributed by atoms with Crippen LogP contribution in [0.1, 0.15) is 25.7 Å². The first-order chi connectivity index (χ1) is 8.27. The quantitative estimate of drug-likeness (QED) is 0.628. The van der Waals surface area contributed by atoms with Crippen molar-refractivity contribution in [1.29, 1.82) is 0 Å². The summed E-state index contributed by atoms with van der Waals surface area (Å²) in [7, 11) is 0. The van der Waals surface area contributed by atoms with Gasteiger partial charge in [-0.05, 0) is 25.8 Å². The molecule has 0 aliphatic carbocycles. The highest BCUT2D eigenvalue weighted by molar-refractivity contribution is 5.76. The summed E-state index contributed by atoms with van der Waals surface area (Å²) in [5.74, 6) is 0.198. The van der Waals surface area contributed by atoms with Crippen LogP contribution in [0.3, 0.4) is 0 Å². The number of hydrogen-bond acceptors (Lipinski definition) is 4. The van der Waals surface area contributed by atoms with Gasteiger partial charge in [-0.2, -0.15) is 0 Å². The Morgan fingerprint density at radius 2 is 1.82 bits per heavy atom. The molecule has 1 aliphatic rings. The summed E-state index contributed by atoms with van der Waals surface area (Å²) in [5, 5.41) is 17.6. The summed E-state index contributed by atoms with van der Waals surface area (Å²) in [6.07, 6.45) is 2.99. The minimum Gasteiger partial charge on any atom is -0.396 e. The molecule has 1 heterocycles. The van der Waals surface area contributed by atoms with Gasteiger partial charge in [-0.25, -0.2) is 0 Å². The van der Waals surface area contributed by atoms with Crippen molar-refractivity contribution in [3.05, 3.63) is 0 Å². The van der Waals surface area contributed by atoms with E-state index >= 15 is 0 Å². The molecule has 1 saturated heterocycles. The molecule has 5 nitrogen and oxygen atoms in total. The molecule has 0 spiro atoms. The third kappa shape index (κ3) is 5.48. The average molecular weight is 244 g/mol. The van der Waals surface area contributed by atoms with Crippen molar-refractivity contribution >= 4 is 5.91 Å². The normalized spacial score (nSPS) is 18.1. The first-order valence-corrected chi connectivity index (χ1v) is 6.49. The lowest BCUT2D eigenvalue weighted by Gasteiger charge is -2.21. The Hall–Kier alpha value is -0.650. The molecule has 0 saturated carbocycles. The van der Waals surface area contributed by atoms with Gasteiger partial charge in [-0.3, -0.25) is 9.69 Å². The SMILES string of the molecule is O=C(CCCCO)N1CCCN(CCO)CC1. The van der Waals surface area contributed by atoms with Gasteiger partial charge in [0.2, 0.25) is 5.91 Å². The first kappa shape index (κ1) is 14.4. The molecule has 0 aromatic heterocycles. The zero-order chi connectivity index (χ0) is 12.5. The lowest BCUT2D eigenvalue weighted by molar-refractivity contribution is -0.131. The predicted octanol–water partition coefficient (Wildman–Crippen LogP) is -0.324. The molecule has 2 N–H and O–H groups in total. The second-order valence-electron chi connectivity index (χ2n) is 4.48. The Kier molecular flexibility index (Phi) is 7.16. The molecule has 0 bridgehead atoms. The molecule has 1 amide bonds. The molecule has 0 aromatic carbocycles. The highest BCUT2D eigenvalue weighted by atomic mass is 16.3. The van der Waals surface area contributed by atoms with E-state index in [4.69, 9.17) is 10.2 Å². The molecular formula is C12H24N2O3. The van der Waals surface area contributed by atoms with Crippen LogP contribution in [0.2, 0.25) is 0 Å². The zero-order valence-corrected chi connectivity index (χ0v) is 10.5. The lowest BCUT2D eigenvalue weighted by atomic mass is 10.2. The summed E-state index contributed by atoms with van der Waals surface area (Å²) in [6, 6.07) is 0. The fourth-order valence-corrected chi connectivity index (χ4v) is 2.13. The lowest BCUT2D eigenvalue weighted by Crippen LogP contribution is -2.35. The Morgan fingerprint density at radius 3 is 2.53 bits per heavy atom. The van der Waals surface area contributed by atoms with Gasteiger partial charge < -0.3 is 15.1 Å². The van der Waals surface area contributed by atoms with Gasteiger partial charge in [-0.15, -0.1) is 0 Å². The van der Waals surface area contributed by atoms with E-state index in [0.717, 1.165) is 39.0 Å². The van der Waals surface area contributed by atoms with E-state index in [0.29, 0.717) is 19.4 Å². The Bertz CT molecular complexity index is 224. The van der Waals surface area contributed by atoms with Crippen molar-refractivity contribution in [2.45, 2.75) is 25.7 Å². The average Bonchev–Trinajstić information content (AvgIpc) is 2.55. The van der Waals surface area contributed by atoms with Crippen molar-refractivity contribution < 1.29 is 15.0 Å². The molecular weight excluding hydrogens is 220 g/mol. The van der Waals surface area contributed by atoms with Gasteiger partial charge >= 0.3 is 0 Å². The van der Waals surface area contributed by atoms with Crippen molar-refractivity contribution in [2.24, 2.45) is 0 Å². The zero-order valence-electron chi connectivity index (χ0n) is 10.5. The molecule has 1 rings (SSSR count). The van der Waals surface area contributed by atoms with Gasteiger partial charge in [0.1, 0.15) is 0 Å². The number of aliphatic hydroxyl groups excluding tert-OH is 2. The molecule has 1 aliphatic heterocycles. The Morgan fingerprint density at radius 1 is 1.00 bits per heavy atom. The molecule has 0 atom stereocenters. The van der Waals surface area contributed by atoms with Gasteiger partial charge in [0.05, 0.1) is 6.61 Å². The largest absolute Gasteiger partial charge is 0.396 e. The minimum absolute atomic E-state index is 0.164. The molecule has 0 radical (unpaired) electrons. The van der Waals surface area contributed by atoms with E-state index in [1.54, 1.807) is 0 Å². The maximum absolute atomic E-state index is 11.9. The number of unbranched alkanes of at least 4 members (excludes halogenated alkanes) is 1.